The molecule has 2 aromatic rings. The highest BCUT2D eigenvalue weighted by atomic mass is 32.1. The van der Waals surface area contributed by atoms with E-state index >= 15 is 0 Å². The van der Waals surface area contributed by atoms with Crippen LogP contribution in [0.4, 0.5) is 0 Å². The summed E-state index contributed by atoms with van der Waals surface area (Å²) in [6, 6.07) is 3.43. The molecule has 6 nitrogen and oxygen atoms in total. The van der Waals surface area contributed by atoms with Crippen LogP contribution in [0.25, 0.3) is 5.82 Å². The maximum atomic E-state index is 10.9. The zero-order valence-electron chi connectivity index (χ0n) is 8.70. The summed E-state index contributed by atoms with van der Waals surface area (Å²) in [4.78, 5) is 15.3. The van der Waals surface area contributed by atoms with Crippen LogP contribution in [0, 0.1) is 0 Å². The fraction of sp³-hybridized carbons (Fsp3) is 0. The largest absolute Gasteiger partial charge is 0.389 e. The van der Waals surface area contributed by atoms with Gasteiger partial charge < -0.3 is 11.5 Å². The summed E-state index contributed by atoms with van der Waals surface area (Å²) in [5.74, 6) is 0.0218. The van der Waals surface area contributed by atoms with Crippen molar-refractivity contribution in [2.75, 3.05) is 0 Å². The van der Waals surface area contributed by atoms with Crippen molar-refractivity contribution in [3.05, 3.63) is 41.9 Å². The molecule has 0 bridgehead atoms. The first kappa shape index (κ1) is 11.2. The van der Waals surface area contributed by atoms with Gasteiger partial charge in [-0.2, -0.15) is 5.10 Å². The second-order valence-corrected chi connectivity index (χ2v) is 3.75. The summed E-state index contributed by atoms with van der Waals surface area (Å²) in [6.07, 6.45) is 4.43. The number of carbonyl (C=O) groups is 1. The zero-order valence-corrected chi connectivity index (χ0v) is 9.52. The Kier molecular flexibility index (Phi) is 2.84. The second-order valence-electron chi connectivity index (χ2n) is 3.31. The minimum atomic E-state index is -0.531. The van der Waals surface area contributed by atoms with Crippen molar-refractivity contribution in [1.82, 2.24) is 14.8 Å². The van der Waals surface area contributed by atoms with Crippen LogP contribution in [0.3, 0.4) is 0 Å². The molecule has 0 saturated carbocycles. The summed E-state index contributed by atoms with van der Waals surface area (Å²) in [6.45, 7) is 0. The Balaban J connectivity index is 2.33. The van der Waals surface area contributed by atoms with Crippen LogP contribution in [0.2, 0.25) is 0 Å². The van der Waals surface area contributed by atoms with Gasteiger partial charge in [0.2, 0.25) is 0 Å². The van der Waals surface area contributed by atoms with Crippen LogP contribution in [0.1, 0.15) is 15.9 Å². The third kappa shape index (κ3) is 2.28. The molecule has 0 aromatic carbocycles. The van der Waals surface area contributed by atoms with Gasteiger partial charge >= 0.3 is 0 Å². The molecule has 2 aromatic heterocycles. The number of hydrogen-bond donors (Lipinski definition) is 2. The molecule has 0 aliphatic heterocycles. The van der Waals surface area contributed by atoms with E-state index in [9.17, 15) is 4.79 Å². The molecular weight excluding hydrogens is 238 g/mol. The first-order valence-electron chi connectivity index (χ1n) is 4.68. The molecule has 0 fully saturated rings. The minimum absolute atomic E-state index is 0.280. The molecule has 0 spiro atoms. The molecule has 1 amide bonds. The fourth-order valence-electron chi connectivity index (χ4n) is 1.24. The predicted molar refractivity (Wildman–Crippen MR) is 65.8 cm³/mol. The number of pyridine rings is 1. The first-order chi connectivity index (χ1) is 8.08. The number of hydrogen-bond acceptors (Lipinski definition) is 4. The maximum absolute atomic E-state index is 10.9. The first-order valence-corrected chi connectivity index (χ1v) is 5.09. The molecule has 0 aliphatic carbocycles. The van der Waals surface area contributed by atoms with Crippen molar-refractivity contribution in [1.29, 1.82) is 0 Å². The molecule has 7 heteroatoms. The highest BCUT2D eigenvalue weighted by molar-refractivity contribution is 7.80. The van der Waals surface area contributed by atoms with Crippen LogP contribution in [0.15, 0.2) is 30.7 Å². The summed E-state index contributed by atoms with van der Waals surface area (Å²) in [5, 5.41) is 3.97. The Hall–Kier alpha value is -2.28. The van der Waals surface area contributed by atoms with Gasteiger partial charge in [0.1, 0.15) is 4.99 Å². The van der Waals surface area contributed by atoms with E-state index < -0.39 is 5.91 Å². The normalized spacial score (nSPS) is 10.1. The molecule has 2 rings (SSSR count). The van der Waals surface area contributed by atoms with Gasteiger partial charge in [-0.15, -0.1) is 0 Å². The lowest BCUT2D eigenvalue weighted by molar-refractivity contribution is 0.100. The van der Waals surface area contributed by atoms with Gasteiger partial charge in [-0.25, -0.2) is 9.67 Å². The number of thiocarbonyl (C=S) groups is 1. The summed E-state index contributed by atoms with van der Waals surface area (Å²) in [7, 11) is 0. The van der Waals surface area contributed by atoms with Crippen molar-refractivity contribution in [2.24, 2.45) is 11.5 Å². The molecule has 0 unspecified atom stereocenters. The Morgan fingerprint density at radius 3 is 2.47 bits per heavy atom. The van der Waals surface area contributed by atoms with Gasteiger partial charge in [-0.3, -0.25) is 4.79 Å². The van der Waals surface area contributed by atoms with E-state index in [4.69, 9.17) is 23.7 Å². The number of amides is 1. The summed E-state index contributed by atoms with van der Waals surface area (Å²) >= 11 is 4.81. The number of rotatable bonds is 3. The lowest BCUT2D eigenvalue weighted by atomic mass is 10.3. The van der Waals surface area contributed by atoms with E-state index in [2.05, 4.69) is 10.1 Å². The summed E-state index contributed by atoms with van der Waals surface area (Å²) < 4.78 is 1.45. The number of carbonyl (C=O) groups excluding carboxylic acids is 1. The average Bonchev–Trinajstić information content (AvgIpc) is 2.78. The van der Waals surface area contributed by atoms with Crippen molar-refractivity contribution < 1.29 is 4.79 Å². The Bertz CT molecular complexity index is 575. The zero-order chi connectivity index (χ0) is 12.4. The van der Waals surface area contributed by atoms with Crippen molar-refractivity contribution >= 4 is 23.1 Å². The standard InChI is InChI=1S/C10H9N5OS/c11-9(16)7-4-14-15(5-7)8-2-1-6(3-13-8)10(12)17/h1-5H,(H2,11,16)(H2,12,17). The molecule has 0 aliphatic rings. The topological polar surface area (TPSA) is 99.8 Å². The van der Waals surface area contributed by atoms with Crippen LogP contribution >= 0.6 is 12.2 Å². The molecule has 4 N–H and O–H groups in total. The van der Waals surface area contributed by atoms with Crippen molar-refractivity contribution in [3.63, 3.8) is 0 Å². The second kappa shape index (κ2) is 4.30. The van der Waals surface area contributed by atoms with Gasteiger partial charge in [0, 0.05) is 18.0 Å². The lowest BCUT2D eigenvalue weighted by Crippen LogP contribution is -2.10. The van der Waals surface area contributed by atoms with Crippen molar-refractivity contribution in [3.8, 4) is 5.82 Å². The number of aromatic nitrogens is 3. The number of primary amides is 1. The molecule has 2 heterocycles. The van der Waals surface area contributed by atoms with Gasteiger partial charge in [-0.1, -0.05) is 12.2 Å². The Morgan fingerprint density at radius 1 is 1.24 bits per heavy atom. The van der Waals surface area contributed by atoms with E-state index in [0.717, 1.165) is 0 Å². The minimum Gasteiger partial charge on any atom is -0.389 e. The van der Waals surface area contributed by atoms with Crippen LogP contribution in [-0.4, -0.2) is 25.7 Å². The van der Waals surface area contributed by atoms with Gasteiger partial charge in [0.15, 0.2) is 5.82 Å². The third-order valence-electron chi connectivity index (χ3n) is 2.13. The van der Waals surface area contributed by atoms with Crippen LogP contribution in [-0.2, 0) is 0 Å². The van der Waals surface area contributed by atoms with E-state index in [1.165, 1.54) is 17.1 Å². The van der Waals surface area contributed by atoms with Crippen LogP contribution in [0.5, 0.6) is 0 Å². The van der Waals surface area contributed by atoms with Crippen LogP contribution < -0.4 is 11.5 Å². The fourth-order valence-corrected chi connectivity index (χ4v) is 1.36. The van der Waals surface area contributed by atoms with Gasteiger partial charge in [0.05, 0.1) is 11.8 Å². The summed E-state index contributed by atoms with van der Waals surface area (Å²) in [5.41, 5.74) is 11.6. The van der Waals surface area contributed by atoms with E-state index in [1.807, 2.05) is 0 Å². The lowest BCUT2D eigenvalue weighted by Gasteiger charge is -2.01. The van der Waals surface area contributed by atoms with Gasteiger partial charge in [-0.05, 0) is 12.1 Å². The van der Waals surface area contributed by atoms with E-state index in [0.29, 0.717) is 16.9 Å². The molecule has 0 atom stereocenters. The highest BCUT2D eigenvalue weighted by Gasteiger charge is 2.06. The third-order valence-corrected chi connectivity index (χ3v) is 2.37. The smallest absolute Gasteiger partial charge is 0.251 e. The molecule has 86 valence electrons. The maximum Gasteiger partial charge on any atom is 0.251 e. The van der Waals surface area contributed by atoms with Gasteiger partial charge in [0.25, 0.3) is 5.91 Å². The number of nitrogens with zero attached hydrogens (tertiary/aromatic N) is 3. The highest BCUT2D eigenvalue weighted by Crippen LogP contribution is 2.06. The predicted octanol–water partition coefficient (Wildman–Crippen LogP) is 0.000400. The SMILES string of the molecule is NC(=O)c1cnn(-c2ccc(C(N)=S)cn2)c1. The molecule has 17 heavy (non-hydrogen) atoms. The molecular formula is C10H9N5OS. The monoisotopic (exact) mass is 247 g/mol. The Labute approximate surface area is 102 Å². The average molecular weight is 247 g/mol. The van der Waals surface area contributed by atoms with E-state index in [-0.39, 0.29) is 4.99 Å². The Morgan fingerprint density at radius 2 is 2.00 bits per heavy atom. The van der Waals surface area contributed by atoms with Crippen molar-refractivity contribution in [2.45, 2.75) is 0 Å². The molecule has 0 saturated heterocycles. The quantitative estimate of drug-likeness (QED) is 0.744. The molecule has 0 radical (unpaired) electrons. The van der Waals surface area contributed by atoms with E-state index in [1.54, 1.807) is 18.3 Å². The number of nitrogens with two attached hydrogens (primary N) is 2.